The lowest BCUT2D eigenvalue weighted by Crippen LogP contribution is -2.36. The molecule has 0 aliphatic carbocycles. The number of aliphatic hydroxyl groups is 1. The molecule has 0 fully saturated rings. The molecule has 0 aromatic heterocycles. The number of para-hydroxylation sites is 1. The van der Waals surface area contributed by atoms with E-state index in [-0.39, 0.29) is 24.4 Å². The molecule has 0 bridgehead atoms. The second kappa shape index (κ2) is 6.97. The monoisotopic (exact) mass is 282 g/mol. The Morgan fingerprint density at radius 1 is 1.55 bits per heavy atom. The number of carbonyl (C=O) groups excluding carboxylic acids is 1. The Kier molecular flexibility index (Phi) is 5.60. The second-order valence-corrected chi connectivity index (χ2v) is 4.52. The van der Waals surface area contributed by atoms with Crippen molar-refractivity contribution < 1.29 is 19.6 Å². The Labute approximate surface area is 116 Å². The molecule has 7 nitrogen and oxygen atoms in total. The molecule has 0 aliphatic heterocycles. The predicted octanol–water partition coefficient (Wildman–Crippen LogP) is 0.983. The highest BCUT2D eigenvalue weighted by Crippen LogP contribution is 2.24. The van der Waals surface area contributed by atoms with E-state index in [4.69, 9.17) is 4.74 Å². The maximum absolute atomic E-state index is 12.2. The number of hydrogen-bond acceptors (Lipinski definition) is 5. The van der Waals surface area contributed by atoms with Crippen molar-refractivity contribution in [3.8, 4) is 0 Å². The Morgan fingerprint density at radius 3 is 2.75 bits per heavy atom. The standard InChI is InChI=1S/C13H18N2O5/c1-9-5-4-6-11(12(9)15(18)19)13(17)14(2)7-10(16)8-20-3/h4-6,10,16H,7-8H2,1-3H3. The van der Waals surface area contributed by atoms with Crippen molar-refractivity contribution in [1.82, 2.24) is 4.90 Å². The lowest BCUT2D eigenvalue weighted by molar-refractivity contribution is -0.385. The molecule has 110 valence electrons. The zero-order valence-corrected chi connectivity index (χ0v) is 11.7. The van der Waals surface area contributed by atoms with Crippen molar-refractivity contribution in [2.75, 3.05) is 27.3 Å². The van der Waals surface area contributed by atoms with E-state index in [1.165, 1.54) is 25.1 Å². The minimum absolute atomic E-state index is 0.0158. The summed E-state index contributed by atoms with van der Waals surface area (Å²) in [5.41, 5.74) is 0.236. The van der Waals surface area contributed by atoms with E-state index in [2.05, 4.69) is 0 Å². The highest BCUT2D eigenvalue weighted by molar-refractivity contribution is 5.98. The van der Waals surface area contributed by atoms with Crippen LogP contribution in [0.1, 0.15) is 15.9 Å². The summed E-state index contributed by atoms with van der Waals surface area (Å²) < 4.78 is 4.77. The fourth-order valence-electron chi connectivity index (χ4n) is 1.92. The first kappa shape index (κ1) is 16.1. The van der Waals surface area contributed by atoms with Crippen LogP contribution in [0.2, 0.25) is 0 Å². The second-order valence-electron chi connectivity index (χ2n) is 4.52. The van der Waals surface area contributed by atoms with Crippen molar-refractivity contribution in [3.63, 3.8) is 0 Å². The van der Waals surface area contributed by atoms with Gasteiger partial charge in [0.15, 0.2) is 0 Å². The van der Waals surface area contributed by atoms with Gasteiger partial charge in [-0.15, -0.1) is 0 Å². The van der Waals surface area contributed by atoms with Crippen LogP contribution in [-0.4, -0.2) is 54.3 Å². The maximum Gasteiger partial charge on any atom is 0.285 e. The van der Waals surface area contributed by atoms with Gasteiger partial charge in [0.1, 0.15) is 5.56 Å². The normalized spacial score (nSPS) is 12.0. The fourth-order valence-corrected chi connectivity index (χ4v) is 1.92. The number of rotatable bonds is 6. The van der Waals surface area contributed by atoms with Gasteiger partial charge >= 0.3 is 0 Å². The van der Waals surface area contributed by atoms with Crippen molar-refractivity contribution >= 4 is 11.6 Å². The lowest BCUT2D eigenvalue weighted by atomic mass is 10.1. The number of nitrogens with zero attached hydrogens (tertiary/aromatic N) is 2. The minimum atomic E-state index is -0.835. The van der Waals surface area contributed by atoms with Crippen LogP contribution in [0.4, 0.5) is 5.69 Å². The number of ether oxygens (including phenoxy) is 1. The maximum atomic E-state index is 12.2. The molecular weight excluding hydrogens is 264 g/mol. The number of nitro groups is 1. The van der Waals surface area contributed by atoms with Crippen LogP contribution in [0.25, 0.3) is 0 Å². The zero-order chi connectivity index (χ0) is 15.3. The van der Waals surface area contributed by atoms with Crippen LogP contribution in [0.5, 0.6) is 0 Å². The largest absolute Gasteiger partial charge is 0.389 e. The van der Waals surface area contributed by atoms with Crippen LogP contribution < -0.4 is 0 Å². The average Bonchev–Trinajstić information content (AvgIpc) is 2.37. The molecule has 1 unspecified atom stereocenters. The molecule has 1 aromatic carbocycles. The number of hydrogen-bond donors (Lipinski definition) is 1. The predicted molar refractivity (Wildman–Crippen MR) is 72.7 cm³/mol. The third-order valence-electron chi connectivity index (χ3n) is 2.84. The van der Waals surface area contributed by atoms with Crippen LogP contribution in [0.3, 0.4) is 0 Å². The molecule has 0 heterocycles. The van der Waals surface area contributed by atoms with Gasteiger partial charge in [0.25, 0.3) is 11.6 Å². The van der Waals surface area contributed by atoms with E-state index >= 15 is 0 Å². The zero-order valence-electron chi connectivity index (χ0n) is 11.7. The number of likely N-dealkylation sites (N-methyl/N-ethyl adjacent to an activating group) is 1. The third-order valence-corrected chi connectivity index (χ3v) is 2.84. The smallest absolute Gasteiger partial charge is 0.285 e. The first-order valence-electron chi connectivity index (χ1n) is 6.05. The molecule has 1 aromatic rings. The first-order chi connectivity index (χ1) is 9.38. The van der Waals surface area contributed by atoms with Crippen LogP contribution in [0, 0.1) is 17.0 Å². The summed E-state index contributed by atoms with van der Waals surface area (Å²) in [6.07, 6.45) is -0.835. The summed E-state index contributed by atoms with van der Waals surface area (Å²) in [7, 11) is 2.92. The van der Waals surface area contributed by atoms with Crippen LogP contribution in [-0.2, 0) is 4.74 Å². The van der Waals surface area contributed by atoms with E-state index in [1.807, 2.05) is 0 Å². The van der Waals surface area contributed by atoms with Gasteiger partial charge in [-0.05, 0) is 13.0 Å². The van der Waals surface area contributed by atoms with Gasteiger partial charge in [-0.2, -0.15) is 0 Å². The molecule has 0 saturated carbocycles. The third kappa shape index (κ3) is 3.75. The van der Waals surface area contributed by atoms with Gasteiger partial charge < -0.3 is 14.7 Å². The molecular formula is C13H18N2O5. The van der Waals surface area contributed by atoms with Gasteiger partial charge in [0.2, 0.25) is 0 Å². The molecule has 20 heavy (non-hydrogen) atoms. The number of amides is 1. The highest BCUT2D eigenvalue weighted by Gasteiger charge is 2.25. The molecule has 1 amide bonds. The van der Waals surface area contributed by atoms with Gasteiger partial charge in [0.05, 0.1) is 17.6 Å². The van der Waals surface area contributed by atoms with Crippen LogP contribution >= 0.6 is 0 Å². The van der Waals surface area contributed by atoms with Crippen molar-refractivity contribution in [3.05, 3.63) is 39.4 Å². The number of methoxy groups -OCH3 is 1. The lowest BCUT2D eigenvalue weighted by Gasteiger charge is -2.20. The van der Waals surface area contributed by atoms with E-state index < -0.39 is 16.9 Å². The molecule has 0 aliphatic rings. The summed E-state index contributed by atoms with van der Waals surface area (Å²) in [6, 6.07) is 4.58. The number of aliphatic hydroxyl groups excluding tert-OH is 1. The average molecular weight is 282 g/mol. The Bertz CT molecular complexity index is 504. The van der Waals surface area contributed by atoms with Crippen molar-refractivity contribution in [1.29, 1.82) is 0 Å². The van der Waals surface area contributed by atoms with Gasteiger partial charge in [-0.25, -0.2) is 0 Å². The molecule has 7 heteroatoms. The van der Waals surface area contributed by atoms with Gasteiger partial charge in [-0.1, -0.05) is 12.1 Å². The highest BCUT2D eigenvalue weighted by atomic mass is 16.6. The minimum Gasteiger partial charge on any atom is -0.389 e. The van der Waals surface area contributed by atoms with Crippen molar-refractivity contribution in [2.45, 2.75) is 13.0 Å². The van der Waals surface area contributed by atoms with Gasteiger partial charge in [-0.3, -0.25) is 14.9 Å². The summed E-state index contributed by atoms with van der Waals surface area (Å²) in [5, 5.41) is 20.7. The fraction of sp³-hybridized carbons (Fsp3) is 0.462. The number of nitro benzene ring substituents is 1. The van der Waals surface area contributed by atoms with Gasteiger partial charge in [0, 0.05) is 26.3 Å². The summed E-state index contributed by atoms with van der Waals surface area (Å²) >= 11 is 0. The van der Waals surface area contributed by atoms with Crippen LogP contribution in [0.15, 0.2) is 18.2 Å². The summed E-state index contributed by atoms with van der Waals surface area (Å²) in [5.74, 6) is -0.504. The molecule has 0 saturated heterocycles. The number of benzene rings is 1. The first-order valence-corrected chi connectivity index (χ1v) is 6.05. The van der Waals surface area contributed by atoms with Crippen molar-refractivity contribution in [2.24, 2.45) is 0 Å². The SMILES string of the molecule is COCC(O)CN(C)C(=O)c1cccc(C)c1[N+](=O)[O-]. The number of aryl methyl sites for hydroxylation is 1. The van der Waals surface area contributed by atoms with E-state index in [0.29, 0.717) is 5.56 Å². The number of carbonyl (C=O) groups is 1. The van der Waals surface area contributed by atoms with E-state index in [1.54, 1.807) is 19.1 Å². The Morgan fingerprint density at radius 2 is 2.20 bits per heavy atom. The van der Waals surface area contributed by atoms with E-state index in [9.17, 15) is 20.0 Å². The Hall–Kier alpha value is -1.99. The molecule has 1 N–H and O–H groups in total. The molecule has 0 radical (unpaired) electrons. The summed E-state index contributed by atoms with van der Waals surface area (Å²) in [6.45, 7) is 1.71. The molecule has 1 rings (SSSR count). The van der Waals surface area contributed by atoms with E-state index in [0.717, 1.165) is 0 Å². The summed E-state index contributed by atoms with van der Waals surface area (Å²) in [4.78, 5) is 24.0. The topological polar surface area (TPSA) is 92.9 Å². The molecule has 0 spiro atoms. The Balaban J connectivity index is 2.97. The molecule has 1 atom stereocenters. The quantitative estimate of drug-likeness (QED) is 0.620.